The van der Waals surface area contributed by atoms with E-state index in [-0.39, 0.29) is 12.1 Å². The van der Waals surface area contributed by atoms with Gasteiger partial charge in [0.15, 0.2) is 5.49 Å². The van der Waals surface area contributed by atoms with Gasteiger partial charge in [-0.25, -0.2) is 22.5 Å². The Morgan fingerprint density at radius 1 is 1.28 bits per heavy atom. The number of aromatic nitrogens is 3. The molecule has 0 aliphatic carbocycles. The van der Waals surface area contributed by atoms with Crippen LogP contribution in [0.15, 0.2) is 41.5 Å². The first kappa shape index (κ1) is 22.5. The van der Waals surface area contributed by atoms with E-state index in [1.54, 1.807) is 18.1 Å². The highest BCUT2D eigenvalue weighted by molar-refractivity contribution is 7.96. The molecule has 5 nitrogen and oxygen atoms in total. The lowest BCUT2D eigenvalue weighted by Gasteiger charge is -2.23. The van der Waals surface area contributed by atoms with E-state index in [2.05, 4.69) is 31.6 Å². The number of aryl methyl sites for hydroxylation is 2. The zero-order valence-corrected chi connectivity index (χ0v) is 19.0. The second kappa shape index (κ2) is 9.46. The van der Waals surface area contributed by atoms with E-state index >= 15 is 0 Å². The van der Waals surface area contributed by atoms with E-state index in [1.807, 2.05) is 24.6 Å². The summed E-state index contributed by atoms with van der Waals surface area (Å²) in [6.45, 7) is 3.58. The molecule has 168 valence electrons. The minimum atomic E-state index is -2.87. The summed E-state index contributed by atoms with van der Waals surface area (Å²) in [5, 5.41) is 0.793. The third kappa shape index (κ3) is 4.45. The fraction of sp³-hybridized carbons (Fsp3) is 0.348. The Morgan fingerprint density at radius 3 is 2.78 bits per heavy atom. The molecule has 1 aliphatic heterocycles. The Morgan fingerprint density at radius 2 is 2.09 bits per heavy atom. The van der Waals surface area contributed by atoms with Crippen LogP contribution in [0.2, 0.25) is 0 Å². The van der Waals surface area contributed by atoms with Crippen molar-refractivity contribution in [2.75, 3.05) is 19.3 Å². The number of fused-ring (bicyclic) bond motifs is 1. The van der Waals surface area contributed by atoms with Gasteiger partial charge in [0.1, 0.15) is 11.6 Å². The van der Waals surface area contributed by atoms with E-state index < -0.39 is 17.8 Å². The van der Waals surface area contributed by atoms with Crippen molar-refractivity contribution in [1.29, 1.82) is 0 Å². The van der Waals surface area contributed by atoms with Crippen LogP contribution >= 0.6 is 11.9 Å². The van der Waals surface area contributed by atoms with Crippen LogP contribution in [0.1, 0.15) is 35.5 Å². The van der Waals surface area contributed by atoms with Crippen molar-refractivity contribution in [2.45, 2.75) is 26.3 Å². The molecule has 32 heavy (non-hydrogen) atoms. The predicted octanol–water partition coefficient (Wildman–Crippen LogP) is 4.82. The molecule has 3 heterocycles. The van der Waals surface area contributed by atoms with Gasteiger partial charge in [-0.15, -0.1) is 0 Å². The first-order valence-corrected chi connectivity index (χ1v) is 11.4. The molecule has 0 amide bonds. The Bertz CT molecular complexity index is 1250. The van der Waals surface area contributed by atoms with Crippen LogP contribution in [0.4, 0.5) is 13.2 Å². The number of hydrogen-bond donors (Lipinski definition) is 0. The lowest BCUT2D eigenvalue weighted by molar-refractivity contribution is 0.146. The molecule has 0 fully saturated rings. The molecule has 1 aromatic carbocycles. The molecule has 3 aromatic rings. The van der Waals surface area contributed by atoms with Crippen LogP contribution in [0.3, 0.4) is 0 Å². The van der Waals surface area contributed by atoms with Crippen molar-refractivity contribution in [1.82, 2.24) is 18.8 Å². The zero-order valence-electron chi connectivity index (χ0n) is 18.1. The molecule has 0 spiro atoms. The first-order chi connectivity index (χ1) is 15.4. The van der Waals surface area contributed by atoms with Crippen LogP contribution in [-0.4, -0.2) is 38.2 Å². The fourth-order valence-corrected chi connectivity index (χ4v) is 4.25. The fourth-order valence-electron chi connectivity index (χ4n) is 3.75. The lowest BCUT2D eigenvalue weighted by Crippen LogP contribution is -2.22. The topological polar surface area (TPSA) is 46.3 Å². The smallest absolute Gasteiger partial charge is 0.266 e. The molecule has 1 aliphatic rings. The highest BCUT2D eigenvalue weighted by Crippen LogP contribution is 2.26. The summed E-state index contributed by atoms with van der Waals surface area (Å²) >= 11 is 1.72. The van der Waals surface area contributed by atoms with Crippen LogP contribution in [0.25, 0.3) is 16.5 Å². The number of alkyl halides is 2. The molecular formula is C23H24F3N5S. The number of halogens is 3. The quantitative estimate of drug-likeness (QED) is 0.513. The van der Waals surface area contributed by atoms with Gasteiger partial charge in [-0.1, -0.05) is 36.2 Å². The molecule has 4 rings (SSSR count). The van der Waals surface area contributed by atoms with Crippen molar-refractivity contribution in [2.24, 2.45) is 12.0 Å². The number of nitrogens with zero attached hydrogens (tertiary/aromatic N) is 5. The Hall–Kier alpha value is -2.65. The summed E-state index contributed by atoms with van der Waals surface area (Å²) < 4.78 is 44.7. The molecule has 0 saturated carbocycles. The summed E-state index contributed by atoms with van der Waals surface area (Å²) in [5.74, 6) is -0.193. The summed E-state index contributed by atoms with van der Waals surface area (Å²) in [6.07, 6.45) is 4.07. The summed E-state index contributed by atoms with van der Waals surface area (Å²) in [5.41, 5.74) is 2.84. The van der Waals surface area contributed by atoms with E-state index in [0.29, 0.717) is 5.49 Å². The number of pyridine rings is 1. The van der Waals surface area contributed by atoms with E-state index in [9.17, 15) is 13.2 Å². The van der Waals surface area contributed by atoms with Gasteiger partial charge in [-0.05, 0) is 31.2 Å². The molecule has 0 N–H and O–H groups in total. The van der Waals surface area contributed by atoms with Gasteiger partial charge in [0, 0.05) is 31.1 Å². The average molecular weight is 460 g/mol. The second-order valence-electron chi connectivity index (χ2n) is 7.62. The monoisotopic (exact) mass is 459 g/mol. The van der Waals surface area contributed by atoms with E-state index in [0.717, 1.165) is 48.0 Å². The Labute approximate surface area is 188 Å². The van der Waals surface area contributed by atoms with Crippen LogP contribution < -0.4 is 5.49 Å². The van der Waals surface area contributed by atoms with Crippen LogP contribution in [0, 0.1) is 12.7 Å². The van der Waals surface area contributed by atoms with E-state index in [4.69, 9.17) is 0 Å². The number of hydrogen-bond acceptors (Lipinski definition) is 5. The summed E-state index contributed by atoms with van der Waals surface area (Å²) in [4.78, 5) is 13.8. The molecule has 9 heteroatoms. The minimum absolute atomic E-state index is 0.0787. The Balaban J connectivity index is 1.78. The second-order valence-corrected chi connectivity index (χ2v) is 8.50. The van der Waals surface area contributed by atoms with Gasteiger partial charge in [-0.2, -0.15) is 0 Å². The maximum atomic E-state index is 14.5. The van der Waals surface area contributed by atoms with Crippen molar-refractivity contribution in [3.63, 3.8) is 0 Å². The van der Waals surface area contributed by atoms with Crippen LogP contribution in [-0.2, 0) is 13.6 Å². The molecule has 0 radical (unpaired) electrons. The van der Waals surface area contributed by atoms with Crippen molar-refractivity contribution >= 4 is 28.4 Å². The van der Waals surface area contributed by atoms with Crippen molar-refractivity contribution in [3.05, 3.63) is 70.5 Å². The van der Waals surface area contributed by atoms with Crippen molar-refractivity contribution < 1.29 is 13.2 Å². The summed E-state index contributed by atoms with van der Waals surface area (Å²) in [7, 11) is 1.90. The minimum Gasteiger partial charge on any atom is -0.331 e. The molecular weight excluding hydrogens is 435 g/mol. The largest absolute Gasteiger partial charge is 0.331 e. The van der Waals surface area contributed by atoms with Gasteiger partial charge in [0.05, 0.1) is 29.5 Å². The third-order valence-corrected chi connectivity index (χ3v) is 6.59. The lowest BCUT2D eigenvalue weighted by atomic mass is 10.0. The van der Waals surface area contributed by atoms with Gasteiger partial charge in [-0.3, -0.25) is 9.98 Å². The molecule has 2 aromatic heterocycles. The maximum Gasteiger partial charge on any atom is 0.266 e. The average Bonchev–Trinajstić information content (AvgIpc) is 2.80. The maximum absolute atomic E-state index is 14.5. The van der Waals surface area contributed by atoms with Crippen molar-refractivity contribution in [3.8, 4) is 0 Å². The number of rotatable bonds is 5. The van der Waals surface area contributed by atoms with Gasteiger partial charge < -0.3 is 4.57 Å². The standard InChI is InChI=1S/C23H24F3N5S/c1-14-29-23(28-12-16-5-4-6-17(21(16)24)22(25)26)18-11-19(27-13-20(18)30(14)2)15-7-9-31(32-3)10-8-15/h4-7,11,13,22H,8-10,12H2,1-3H3/b28-23-. The van der Waals surface area contributed by atoms with Gasteiger partial charge in [0.25, 0.3) is 6.43 Å². The predicted molar refractivity (Wildman–Crippen MR) is 122 cm³/mol. The van der Waals surface area contributed by atoms with Gasteiger partial charge >= 0.3 is 0 Å². The molecule has 0 saturated heterocycles. The third-order valence-electron chi connectivity index (χ3n) is 5.74. The highest BCUT2D eigenvalue weighted by atomic mass is 32.2. The Kier molecular flexibility index (Phi) is 6.66. The first-order valence-electron chi connectivity index (χ1n) is 10.3. The van der Waals surface area contributed by atoms with E-state index in [1.165, 1.54) is 17.7 Å². The summed E-state index contributed by atoms with van der Waals surface area (Å²) in [6, 6.07) is 5.96. The normalized spacial score (nSPS) is 15.6. The molecule has 0 bridgehead atoms. The molecule has 0 atom stereocenters. The van der Waals surface area contributed by atoms with Gasteiger partial charge in [0.2, 0.25) is 0 Å². The van der Waals surface area contributed by atoms with Crippen LogP contribution in [0.5, 0.6) is 0 Å². The SMILES string of the molecule is CSN1CC=C(c2cc3/c(=N/Cc4cccc(C(F)F)c4F)nc(C)n(C)c3cn2)CC1. The number of benzene rings is 1. The molecule has 0 unspecified atom stereocenters. The highest BCUT2D eigenvalue weighted by Gasteiger charge is 2.17. The zero-order chi connectivity index (χ0) is 22.8.